The summed E-state index contributed by atoms with van der Waals surface area (Å²) in [5.74, 6) is -0.744. The normalized spacial score (nSPS) is 28.0. The SMILES string of the molecule is CN=C(NCC1(O)CCCCC1)NC1CCCC(C(F)(F)F)C1.I. The number of halogens is 4. The van der Waals surface area contributed by atoms with Crippen LogP contribution in [0.4, 0.5) is 13.2 Å². The minimum atomic E-state index is -4.12. The Bertz CT molecular complexity index is 412. The Kier molecular flexibility index (Phi) is 8.58. The molecule has 24 heavy (non-hydrogen) atoms. The Hall–Kier alpha value is -0.250. The third-order valence-corrected chi connectivity index (χ3v) is 5.07. The number of hydrogen-bond donors (Lipinski definition) is 3. The van der Waals surface area contributed by atoms with Gasteiger partial charge in [0.15, 0.2) is 5.96 Å². The molecule has 142 valence electrons. The van der Waals surface area contributed by atoms with Crippen molar-refractivity contribution in [1.29, 1.82) is 0 Å². The molecule has 0 bridgehead atoms. The van der Waals surface area contributed by atoms with Crippen LogP contribution in [0.1, 0.15) is 57.8 Å². The van der Waals surface area contributed by atoms with Crippen LogP contribution in [-0.2, 0) is 0 Å². The number of rotatable bonds is 3. The van der Waals surface area contributed by atoms with Gasteiger partial charge in [-0.2, -0.15) is 13.2 Å². The average Bonchev–Trinajstić information content (AvgIpc) is 2.51. The predicted octanol–water partition coefficient (Wildman–Crippen LogP) is 3.59. The van der Waals surface area contributed by atoms with Crippen LogP contribution in [0.25, 0.3) is 0 Å². The van der Waals surface area contributed by atoms with Gasteiger partial charge in [-0.1, -0.05) is 25.7 Å². The summed E-state index contributed by atoms with van der Waals surface area (Å²) < 4.78 is 38.6. The number of nitrogens with one attached hydrogen (secondary N) is 2. The van der Waals surface area contributed by atoms with Gasteiger partial charge >= 0.3 is 6.18 Å². The molecule has 4 nitrogen and oxygen atoms in total. The van der Waals surface area contributed by atoms with Gasteiger partial charge in [0.25, 0.3) is 0 Å². The molecule has 0 aromatic rings. The van der Waals surface area contributed by atoms with E-state index in [0.717, 1.165) is 38.5 Å². The zero-order valence-electron chi connectivity index (χ0n) is 14.2. The molecule has 2 fully saturated rings. The number of guanidine groups is 1. The standard InChI is InChI=1S/C16H28F3N3O.HI/c1-20-14(21-11-15(23)8-3-2-4-9-15)22-13-7-5-6-12(10-13)16(17,18)19;/h12-13,23H,2-11H2,1H3,(H2,20,21,22);1H. The van der Waals surface area contributed by atoms with E-state index >= 15 is 0 Å². The Morgan fingerprint density at radius 3 is 2.42 bits per heavy atom. The van der Waals surface area contributed by atoms with Crippen LogP contribution in [-0.4, -0.2) is 42.5 Å². The van der Waals surface area contributed by atoms with Crippen LogP contribution >= 0.6 is 24.0 Å². The number of aliphatic imine (C=N–C) groups is 1. The van der Waals surface area contributed by atoms with E-state index in [0.29, 0.717) is 18.9 Å². The number of nitrogens with zero attached hydrogens (tertiary/aromatic N) is 1. The van der Waals surface area contributed by atoms with E-state index in [1.54, 1.807) is 7.05 Å². The van der Waals surface area contributed by atoms with Crippen molar-refractivity contribution in [3.8, 4) is 0 Å². The zero-order chi connectivity index (χ0) is 16.9. The summed E-state index contributed by atoms with van der Waals surface area (Å²) in [5, 5.41) is 16.7. The fourth-order valence-electron chi connectivity index (χ4n) is 3.64. The second-order valence-corrected chi connectivity index (χ2v) is 6.96. The van der Waals surface area contributed by atoms with Gasteiger partial charge in [-0.05, 0) is 32.1 Å². The third kappa shape index (κ3) is 6.57. The molecular formula is C16H29F3IN3O. The van der Waals surface area contributed by atoms with Crippen molar-refractivity contribution >= 4 is 29.9 Å². The van der Waals surface area contributed by atoms with Gasteiger partial charge in [0.2, 0.25) is 0 Å². The molecule has 0 aromatic carbocycles. The Labute approximate surface area is 159 Å². The predicted molar refractivity (Wildman–Crippen MR) is 99.7 cm³/mol. The first kappa shape index (κ1) is 21.8. The largest absolute Gasteiger partial charge is 0.391 e. The van der Waals surface area contributed by atoms with Crippen molar-refractivity contribution in [3.05, 3.63) is 0 Å². The van der Waals surface area contributed by atoms with E-state index < -0.39 is 17.7 Å². The minimum Gasteiger partial charge on any atom is -0.388 e. The molecule has 0 saturated heterocycles. The first-order valence-corrected chi connectivity index (χ1v) is 8.59. The number of alkyl halides is 3. The highest BCUT2D eigenvalue weighted by atomic mass is 127. The molecule has 2 aliphatic rings. The molecule has 8 heteroatoms. The molecule has 0 radical (unpaired) electrons. The van der Waals surface area contributed by atoms with E-state index in [2.05, 4.69) is 15.6 Å². The van der Waals surface area contributed by atoms with Crippen molar-refractivity contribution in [3.63, 3.8) is 0 Å². The highest BCUT2D eigenvalue weighted by Crippen LogP contribution is 2.37. The number of aliphatic hydroxyl groups is 1. The molecule has 3 N–H and O–H groups in total. The van der Waals surface area contributed by atoms with Gasteiger partial charge in [-0.25, -0.2) is 0 Å². The second-order valence-electron chi connectivity index (χ2n) is 6.96. The maximum absolute atomic E-state index is 12.9. The van der Waals surface area contributed by atoms with Gasteiger partial charge < -0.3 is 15.7 Å². The van der Waals surface area contributed by atoms with Crippen molar-refractivity contribution < 1.29 is 18.3 Å². The molecular weight excluding hydrogens is 434 g/mol. The molecule has 2 unspecified atom stereocenters. The van der Waals surface area contributed by atoms with E-state index in [4.69, 9.17) is 0 Å². The van der Waals surface area contributed by atoms with Crippen molar-refractivity contribution in [2.24, 2.45) is 10.9 Å². The lowest BCUT2D eigenvalue weighted by molar-refractivity contribution is -0.183. The van der Waals surface area contributed by atoms with Gasteiger partial charge in [0.05, 0.1) is 11.5 Å². The lowest BCUT2D eigenvalue weighted by atomic mass is 9.84. The molecule has 0 spiro atoms. The highest BCUT2D eigenvalue weighted by Gasteiger charge is 2.42. The van der Waals surface area contributed by atoms with Crippen molar-refractivity contribution in [1.82, 2.24) is 10.6 Å². The smallest absolute Gasteiger partial charge is 0.388 e. The summed E-state index contributed by atoms with van der Waals surface area (Å²) in [5.41, 5.74) is -0.725. The quantitative estimate of drug-likeness (QED) is 0.341. The zero-order valence-corrected chi connectivity index (χ0v) is 16.5. The lowest BCUT2D eigenvalue weighted by Crippen LogP contribution is -2.51. The molecule has 2 aliphatic carbocycles. The molecule has 0 heterocycles. The first-order chi connectivity index (χ1) is 10.8. The highest BCUT2D eigenvalue weighted by molar-refractivity contribution is 14.0. The summed E-state index contributed by atoms with van der Waals surface area (Å²) in [7, 11) is 1.60. The molecule has 2 rings (SSSR count). The summed E-state index contributed by atoms with van der Waals surface area (Å²) in [4.78, 5) is 4.09. The topological polar surface area (TPSA) is 56.7 Å². The molecule has 2 saturated carbocycles. The minimum absolute atomic E-state index is 0. The van der Waals surface area contributed by atoms with E-state index in [-0.39, 0.29) is 42.9 Å². The van der Waals surface area contributed by atoms with Crippen LogP contribution in [0.5, 0.6) is 0 Å². The Balaban J connectivity index is 0.00000288. The summed E-state index contributed by atoms with van der Waals surface area (Å²) in [6.45, 7) is 0.391. The Morgan fingerprint density at radius 1 is 1.17 bits per heavy atom. The van der Waals surface area contributed by atoms with Gasteiger partial charge in [-0.15, -0.1) is 24.0 Å². The Morgan fingerprint density at radius 2 is 1.83 bits per heavy atom. The maximum atomic E-state index is 12.9. The van der Waals surface area contributed by atoms with E-state index in [1.807, 2.05) is 0 Å². The third-order valence-electron chi connectivity index (χ3n) is 5.07. The van der Waals surface area contributed by atoms with Gasteiger partial charge in [0.1, 0.15) is 0 Å². The van der Waals surface area contributed by atoms with Crippen molar-refractivity contribution in [2.75, 3.05) is 13.6 Å². The fraction of sp³-hybridized carbons (Fsp3) is 0.938. The second kappa shape index (κ2) is 9.45. The van der Waals surface area contributed by atoms with Crippen LogP contribution < -0.4 is 10.6 Å². The van der Waals surface area contributed by atoms with Crippen LogP contribution in [0.15, 0.2) is 4.99 Å². The van der Waals surface area contributed by atoms with Crippen LogP contribution in [0.3, 0.4) is 0 Å². The number of hydrogen-bond acceptors (Lipinski definition) is 2. The summed E-state index contributed by atoms with van der Waals surface area (Å²) in [6, 6.07) is -0.220. The average molecular weight is 463 g/mol. The summed E-state index contributed by atoms with van der Waals surface area (Å²) in [6.07, 6.45) is 2.18. The monoisotopic (exact) mass is 463 g/mol. The summed E-state index contributed by atoms with van der Waals surface area (Å²) >= 11 is 0. The van der Waals surface area contributed by atoms with Crippen LogP contribution in [0.2, 0.25) is 0 Å². The van der Waals surface area contributed by atoms with E-state index in [1.165, 1.54) is 0 Å². The molecule has 0 aromatic heterocycles. The van der Waals surface area contributed by atoms with Gasteiger partial charge in [0, 0.05) is 19.6 Å². The van der Waals surface area contributed by atoms with E-state index in [9.17, 15) is 18.3 Å². The molecule has 0 aliphatic heterocycles. The maximum Gasteiger partial charge on any atom is 0.391 e. The molecule has 2 atom stereocenters. The first-order valence-electron chi connectivity index (χ1n) is 8.59. The van der Waals surface area contributed by atoms with Crippen molar-refractivity contribution in [2.45, 2.75) is 75.6 Å². The van der Waals surface area contributed by atoms with Crippen LogP contribution in [0, 0.1) is 5.92 Å². The lowest BCUT2D eigenvalue weighted by Gasteiger charge is -2.34. The molecule has 0 amide bonds. The fourth-order valence-corrected chi connectivity index (χ4v) is 3.64. The van der Waals surface area contributed by atoms with Gasteiger partial charge in [-0.3, -0.25) is 4.99 Å².